The Morgan fingerprint density at radius 1 is 1.00 bits per heavy atom. The van der Waals surface area contributed by atoms with E-state index in [0.717, 1.165) is 37.5 Å². The van der Waals surface area contributed by atoms with Crippen molar-refractivity contribution >= 4 is 0 Å². The predicted molar refractivity (Wildman–Crippen MR) is 70.0 cm³/mol. The van der Waals surface area contributed by atoms with Gasteiger partial charge in [-0.2, -0.15) is 0 Å². The van der Waals surface area contributed by atoms with Crippen molar-refractivity contribution in [1.29, 1.82) is 0 Å². The molecule has 0 aromatic rings. The van der Waals surface area contributed by atoms with Crippen LogP contribution in [-0.2, 0) is 4.74 Å². The summed E-state index contributed by atoms with van der Waals surface area (Å²) >= 11 is 0. The normalized spacial score (nSPS) is 43.2. The van der Waals surface area contributed by atoms with Gasteiger partial charge in [0.2, 0.25) is 0 Å². The molecule has 0 spiro atoms. The van der Waals surface area contributed by atoms with Crippen LogP contribution in [0.1, 0.15) is 51.9 Å². The molecule has 98 valence electrons. The van der Waals surface area contributed by atoms with Crippen LogP contribution in [0.3, 0.4) is 0 Å². The lowest BCUT2D eigenvalue weighted by Crippen LogP contribution is -2.52. The summed E-state index contributed by atoms with van der Waals surface area (Å²) in [6, 6.07) is 0. The van der Waals surface area contributed by atoms with Crippen LogP contribution < -0.4 is 5.32 Å². The zero-order chi connectivity index (χ0) is 11.7. The topological polar surface area (TPSA) is 21.3 Å². The Bertz CT molecular complexity index is 228. The Morgan fingerprint density at radius 2 is 1.59 bits per heavy atom. The summed E-state index contributed by atoms with van der Waals surface area (Å²) in [4.78, 5) is 0. The fraction of sp³-hybridized carbons (Fsp3) is 1.00. The van der Waals surface area contributed by atoms with Crippen LogP contribution in [0.2, 0.25) is 0 Å². The number of ether oxygens (including phenoxy) is 1. The molecule has 0 heterocycles. The lowest BCUT2D eigenvalue weighted by atomic mass is 9.54. The highest BCUT2D eigenvalue weighted by Crippen LogP contribution is 2.56. The minimum atomic E-state index is 0.308. The van der Waals surface area contributed by atoms with E-state index in [1.807, 2.05) is 0 Å². The standard InChI is InChI=1S/C15H27NO/c1-2-3-16-4-5-17-15-9-12-6-13(10-15)8-14(7-12)11-15/h12-14,16H,2-11H2,1H3. The maximum atomic E-state index is 6.33. The molecule has 4 saturated carbocycles. The molecular weight excluding hydrogens is 210 g/mol. The highest BCUT2D eigenvalue weighted by molar-refractivity contribution is 5.03. The van der Waals surface area contributed by atoms with E-state index >= 15 is 0 Å². The third-order valence-electron chi connectivity index (χ3n) is 5.10. The van der Waals surface area contributed by atoms with E-state index in [-0.39, 0.29) is 0 Å². The molecular formula is C15H27NO. The molecule has 0 atom stereocenters. The summed E-state index contributed by atoms with van der Waals surface area (Å²) in [5.74, 6) is 3.01. The van der Waals surface area contributed by atoms with E-state index in [0.29, 0.717) is 5.60 Å². The van der Waals surface area contributed by atoms with Gasteiger partial charge >= 0.3 is 0 Å². The maximum Gasteiger partial charge on any atom is 0.0691 e. The average molecular weight is 237 g/mol. The molecule has 0 aliphatic heterocycles. The highest BCUT2D eigenvalue weighted by Gasteiger charge is 2.51. The summed E-state index contributed by atoms with van der Waals surface area (Å²) in [6.07, 6.45) is 9.85. The van der Waals surface area contributed by atoms with Gasteiger partial charge in [-0.3, -0.25) is 0 Å². The van der Waals surface area contributed by atoms with E-state index in [2.05, 4.69) is 12.2 Å². The summed E-state index contributed by atoms with van der Waals surface area (Å²) in [6.45, 7) is 5.30. The van der Waals surface area contributed by atoms with Gasteiger partial charge in [-0.25, -0.2) is 0 Å². The summed E-state index contributed by atoms with van der Waals surface area (Å²) in [5, 5.41) is 3.44. The molecule has 4 aliphatic carbocycles. The Hall–Kier alpha value is -0.0800. The molecule has 0 unspecified atom stereocenters. The van der Waals surface area contributed by atoms with Crippen LogP contribution in [0.25, 0.3) is 0 Å². The van der Waals surface area contributed by atoms with Gasteiger partial charge in [-0.1, -0.05) is 6.92 Å². The van der Waals surface area contributed by atoms with E-state index in [1.165, 1.54) is 44.9 Å². The number of nitrogens with one attached hydrogen (secondary N) is 1. The van der Waals surface area contributed by atoms with Crippen LogP contribution >= 0.6 is 0 Å². The van der Waals surface area contributed by atoms with Crippen LogP contribution in [-0.4, -0.2) is 25.3 Å². The van der Waals surface area contributed by atoms with E-state index in [9.17, 15) is 0 Å². The van der Waals surface area contributed by atoms with Crippen LogP contribution in [0.5, 0.6) is 0 Å². The first-order valence-corrected chi connectivity index (χ1v) is 7.64. The molecule has 17 heavy (non-hydrogen) atoms. The summed E-state index contributed by atoms with van der Waals surface area (Å²) < 4.78 is 6.33. The smallest absolute Gasteiger partial charge is 0.0691 e. The van der Waals surface area contributed by atoms with E-state index < -0.39 is 0 Å². The van der Waals surface area contributed by atoms with Gasteiger partial charge in [0.15, 0.2) is 0 Å². The molecule has 4 bridgehead atoms. The predicted octanol–water partition coefficient (Wildman–Crippen LogP) is 2.97. The van der Waals surface area contributed by atoms with Gasteiger partial charge < -0.3 is 10.1 Å². The average Bonchev–Trinajstić information content (AvgIpc) is 2.26. The van der Waals surface area contributed by atoms with Gasteiger partial charge in [-0.05, 0) is 69.2 Å². The minimum absolute atomic E-state index is 0.308. The lowest BCUT2D eigenvalue weighted by molar-refractivity contribution is -0.161. The zero-order valence-corrected chi connectivity index (χ0v) is 11.2. The van der Waals surface area contributed by atoms with Crippen LogP contribution in [0.4, 0.5) is 0 Å². The Kier molecular flexibility index (Phi) is 3.45. The molecule has 4 fully saturated rings. The number of rotatable bonds is 6. The Labute approximate surface area is 105 Å². The minimum Gasteiger partial charge on any atom is -0.374 e. The highest BCUT2D eigenvalue weighted by atomic mass is 16.5. The molecule has 0 saturated heterocycles. The van der Waals surface area contributed by atoms with Crippen molar-refractivity contribution in [1.82, 2.24) is 5.32 Å². The molecule has 4 rings (SSSR count). The van der Waals surface area contributed by atoms with Crippen LogP contribution in [0, 0.1) is 17.8 Å². The molecule has 0 radical (unpaired) electrons. The van der Waals surface area contributed by atoms with Gasteiger partial charge in [0.25, 0.3) is 0 Å². The Balaban J connectivity index is 1.49. The molecule has 2 heteroatoms. The fourth-order valence-electron chi connectivity index (χ4n) is 4.85. The van der Waals surface area contributed by atoms with Gasteiger partial charge in [0.1, 0.15) is 0 Å². The monoisotopic (exact) mass is 237 g/mol. The van der Waals surface area contributed by atoms with Gasteiger partial charge in [-0.15, -0.1) is 0 Å². The largest absolute Gasteiger partial charge is 0.374 e. The summed E-state index contributed by atoms with van der Waals surface area (Å²) in [5.41, 5.74) is 0.308. The summed E-state index contributed by atoms with van der Waals surface area (Å²) in [7, 11) is 0. The van der Waals surface area contributed by atoms with Gasteiger partial charge in [0.05, 0.1) is 12.2 Å². The first-order chi connectivity index (χ1) is 8.30. The van der Waals surface area contributed by atoms with Crippen molar-refractivity contribution in [2.75, 3.05) is 19.7 Å². The molecule has 1 N–H and O–H groups in total. The molecule has 2 nitrogen and oxygen atoms in total. The quantitative estimate of drug-likeness (QED) is 0.717. The van der Waals surface area contributed by atoms with Gasteiger partial charge in [0, 0.05) is 6.54 Å². The second-order valence-corrected chi connectivity index (χ2v) is 6.70. The molecule has 4 aliphatic rings. The third kappa shape index (κ3) is 2.53. The second kappa shape index (κ2) is 4.89. The number of hydrogen-bond donors (Lipinski definition) is 1. The van der Waals surface area contributed by atoms with E-state index in [1.54, 1.807) is 0 Å². The second-order valence-electron chi connectivity index (χ2n) is 6.70. The molecule has 0 amide bonds. The molecule has 0 aromatic carbocycles. The van der Waals surface area contributed by atoms with Crippen molar-refractivity contribution in [2.45, 2.75) is 57.5 Å². The van der Waals surface area contributed by atoms with Crippen molar-refractivity contribution in [2.24, 2.45) is 17.8 Å². The Morgan fingerprint density at radius 3 is 2.12 bits per heavy atom. The molecule has 0 aromatic heterocycles. The third-order valence-corrected chi connectivity index (χ3v) is 5.10. The zero-order valence-electron chi connectivity index (χ0n) is 11.2. The fourth-order valence-corrected chi connectivity index (χ4v) is 4.85. The van der Waals surface area contributed by atoms with Crippen molar-refractivity contribution in [3.05, 3.63) is 0 Å². The number of hydrogen-bond acceptors (Lipinski definition) is 2. The van der Waals surface area contributed by atoms with E-state index in [4.69, 9.17) is 4.74 Å². The van der Waals surface area contributed by atoms with Crippen molar-refractivity contribution in [3.63, 3.8) is 0 Å². The van der Waals surface area contributed by atoms with Crippen molar-refractivity contribution < 1.29 is 4.74 Å². The van der Waals surface area contributed by atoms with Crippen molar-refractivity contribution in [3.8, 4) is 0 Å². The maximum absolute atomic E-state index is 6.33. The van der Waals surface area contributed by atoms with Crippen LogP contribution in [0.15, 0.2) is 0 Å². The SMILES string of the molecule is CCCNCCOC12CC3CC(CC(C3)C1)C2. The lowest BCUT2D eigenvalue weighted by Gasteiger charge is -2.56. The first-order valence-electron chi connectivity index (χ1n) is 7.64. The first kappa shape index (κ1) is 12.0.